The average molecular weight is 411 g/mol. The summed E-state index contributed by atoms with van der Waals surface area (Å²) in [6.07, 6.45) is 0.552. The van der Waals surface area contributed by atoms with Crippen molar-refractivity contribution in [3.05, 3.63) is 0 Å². The van der Waals surface area contributed by atoms with Crippen LogP contribution in [0.3, 0.4) is 0 Å². The SMILES string of the molecule is CC(C)(C)CS(=O)(=O)C(CCOC1C2CC3C(=O)OC1C3C2)S(=O)(=O)O. The van der Waals surface area contributed by atoms with Crippen LogP contribution in [0.2, 0.25) is 0 Å². The van der Waals surface area contributed by atoms with Gasteiger partial charge in [-0.15, -0.1) is 0 Å². The first-order valence-electron chi connectivity index (χ1n) is 8.79. The fraction of sp³-hybridized carbons (Fsp3) is 0.938. The number of rotatable bonds is 7. The highest BCUT2D eigenvalue weighted by Gasteiger charge is 2.62. The van der Waals surface area contributed by atoms with Gasteiger partial charge in [0.15, 0.2) is 14.4 Å². The van der Waals surface area contributed by atoms with Crippen LogP contribution >= 0.6 is 0 Å². The van der Waals surface area contributed by atoms with Crippen LogP contribution in [-0.2, 0) is 34.2 Å². The van der Waals surface area contributed by atoms with Crippen LogP contribution in [0.1, 0.15) is 40.0 Å². The standard InChI is InChI=1S/C16H26O8S2/c1-16(2,3)8-25(18,19)12(26(20,21)22)4-5-23-13-9-6-10-11(7-9)15(17)24-14(10)13/h9-14H,4-8H2,1-3H3,(H,20,21,22). The highest BCUT2D eigenvalue weighted by atomic mass is 32.3. The Morgan fingerprint density at radius 1 is 1.23 bits per heavy atom. The van der Waals surface area contributed by atoms with Crippen molar-refractivity contribution in [3.8, 4) is 0 Å². The minimum absolute atomic E-state index is 0.0532. The summed E-state index contributed by atoms with van der Waals surface area (Å²) in [6.45, 7) is 4.91. The van der Waals surface area contributed by atoms with E-state index >= 15 is 0 Å². The van der Waals surface area contributed by atoms with Gasteiger partial charge in [0.05, 0.1) is 17.8 Å². The number of fused-ring (bicyclic) bond motifs is 1. The Morgan fingerprint density at radius 2 is 1.88 bits per heavy atom. The monoisotopic (exact) mass is 410 g/mol. The lowest BCUT2D eigenvalue weighted by atomic mass is 9.88. The third-order valence-electron chi connectivity index (χ3n) is 5.44. The minimum atomic E-state index is -4.77. The van der Waals surface area contributed by atoms with Crippen molar-refractivity contribution in [1.29, 1.82) is 0 Å². The molecule has 0 aromatic rings. The second kappa shape index (κ2) is 6.42. The molecule has 2 saturated carbocycles. The number of carbonyl (C=O) groups excluding carboxylic acids is 1. The molecule has 2 aliphatic carbocycles. The third kappa shape index (κ3) is 3.79. The number of carbonyl (C=O) groups is 1. The molecule has 1 aliphatic heterocycles. The Labute approximate surface area is 154 Å². The van der Waals surface area contributed by atoms with Crippen molar-refractivity contribution < 1.29 is 35.7 Å². The molecule has 0 amide bonds. The zero-order valence-corrected chi connectivity index (χ0v) is 16.8. The van der Waals surface area contributed by atoms with Crippen molar-refractivity contribution in [2.75, 3.05) is 12.4 Å². The Kier molecular flexibility index (Phi) is 4.95. The quantitative estimate of drug-likeness (QED) is 0.487. The van der Waals surface area contributed by atoms with E-state index < -0.39 is 30.0 Å². The predicted molar refractivity (Wildman–Crippen MR) is 92.5 cm³/mol. The van der Waals surface area contributed by atoms with Gasteiger partial charge in [0.1, 0.15) is 6.10 Å². The largest absolute Gasteiger partial charge is 0.459 e. The summed E-state index contributed by atoms with van der Waals surface area (Å²) in [5.74, 6) is -0.281. The van der Waals surface area contributed by atoms with E-state index in [9.17, 15) is 26.2 Å². The van der Waals surface area contributed by atoms with Gasteiger partial charge in [-0.1, -0.05) is 20.8 Å². The summed E-state index contributed by atoms with van der Waals surface area (Å²) in [5.41, 5.74) is -0.639. The first kappa shape index (κ1) is 20.0. The maximum Gasteiger partial charge on any atom is 0.309 e. The third-order valence-corrected chi connectivity index (χ3v) is 10.3. The second-order valence-corrected chi connectivity index (χ2v) is 12.9. The van der Waals surface area contributed by atoms with Crippen LogP contribution in [0.5, 0.6) is 0 Å². The zero-order chi connectivity index (χ0) is 19.5. The first-order chi connectivity index (χ1) is 11.8. The van der Waals surface area contributed by atoms with Crippen LogP contribution in [0.4, 0.5) is 0 Å². The molecule has 1 heterocycles. The summed E-state index contributed by atoms with van der Waals surface area (Å²) in [6, 6.07) is 0. The molecule has 10 heteroatoms. The number of hydrogen-bond acceptors (Lipinski definition) is 7. The molecule has 3 fully saturated rings. The van der Waals surface area contributed by atoms with Gasteiger partial charge in [0.2, 0.25) is 0 Å². The van der Waals surface area contributed by atoms with Crippen molar-refractivity contribution in [2.45, 2.75) is 56.8 Å². The lowest BCUT2D eigenvalue weighted by Crippen LogP contribution is -2.38. The molecule has 3 rings (SSSR count). The average Bonchev–Trinajstić information content (AvgIpc) is 3.02. The van der Waals surface area contributed by atoms with E-state index in [0.29, 0.717) is 6.42 Å². The molecule has 1 N–H and O–H groups in total. The Hall–Kier alpha value is -0.710. The molecule has 0 aromatic heterocycles. The molecule has 26 heavy (non-hydrogen) atoms. The summed E-state index contributed by atoms with van der Waals surface area (Å²) in [5, 5.41) is 0. The maximum absolute atomic E-state index is 12.5. The lowest BCUT2D eigenvalue weighted by molar-refractivity contribution is -0.147. The van der Waals surface area contributed by atoms with Gasteiger partial charge >= 0.3 is 5.97 Å². The van der Waals surface area contributed by atoms with Gasteiger partial charge in [-0.2, -0.15) is 8.42 Å². The Morgan fingerprint density at radius 3 is 2.46 bits per heavy atom. The molecular formula is C16H26O8S2. The Balaban J connectivity index is 1.64. The van der Waals surface area contributed by atoms with Crippen LogP contribution in [0.15, 0.2) is 0 Å². The molecule has 8 nitrogen and oxygen atoms in total. The molecule has 0 spiro atoms. The van der Waals surface area contributed by atoms with E-state index in [-0.39, 0.29) is 54.7 Å². The first-order valence-corrected chi connectivity index (χ1v) is 12.0. The van der Waals surface area contributed by atoms with E-state index in [1.54, 1.807) is 20.8 Å². The molecule has 0 aromatic carbocycles. The van der Waals surface area contributed by atoms with Gasteiger partial charge < -0.3 is 9.47 Å². The highest BCUT2D eigenvalue weighted by Crippen LogP contribution is 2.55. The van der Waals surface area contributed by atoms with Crippen LogP contribution in [0, 0.1) is 23.2 Å². The van der Waals surface area contributed by atoms with Gasteiger partial charge in [-0.3, -0.25) is 9.35 Å². The molecule has 1 saturated heterocycles. The second-order valence-electron chi connectivity index (χ2n) is 8.84. The summed E-state index contributed by atoms with van der Waals surface area (Å²) >= 11 is 0. The van der Waals surface area contributed by atoms with Crippen molar-refractivity contribution in [3.63, 3.8) is 0 Å². The molecule has 6 atom stereocenters. The fourth-order valence-corrected chi connectivity index (χ4v) is 8.57. The molecule has 0 radical (unpaired) electrons. The number of esters is 1. The van der Waals surface area contributed by atoms with E-state index in [0.717, 1.165) is 6.42 Å². The van der Waals surface area contributed by atoms with Crippen molar-refractivity contribution in [2.24, 2.45) is 23.2 Å². The summed E-state index contributed by atoms with van der Waals surface area (Å²) < 4.78 is 66.8. The normalized spacial score (nSPS) is 34.9. The van der Waals surface area contributed by atoms with E-state index in [4.69, 9.17) is 9.47 Å². The van der Waals surface area contributed by atoms with Gasteiger partial charge in [0.25, 0.3) is 10.1 Å². The van der Waals surface area contributed by atoms with E-state index in [2.05, 4.69) is 0 Å². The molecule has 6 unspecified atom stereocenters. The number of ether oxygens (including phenoxy) is 2. The van der Waals surface area contributed by atoms with Crippen LogP contribution in [0.25, 0.3) is 0 Å². The lowest BCUT2D eigenvalue weighted by Gasteiger charge is -2.26. The van der Waals surface area contributed by atoms with Crippen molar-refractivity contribution in [1.82, 2.24) is 0 Å². The molecule has 3 aliphatic rings. The van der Waals surface area contributed by atoms with Gasteiger partial charge in [-0.05, 0) is 24.2 Å². The minimum Gasteiger partial charge on any atom is -0.459 e. The van der Waals surface area contributed by atoms with Gasteiger partial charge in [0, 0.05) is 18.9 Å². The Bertz CT molecular complexity index is 780. The molecular weight excluding hydrogens is 384 g/mol. The van der Waals surface area contributed by atoms with Crippen LogP contribution in [-0.4, -0.2) is 56.5 Å². The fourth-order valence-electron chi connectivity index (χ4n) is 4.64. The number of hydrogen-bond donors (Lipinski definition) is 1. The van der Waals surface area contributed by atoms with Crippen LogP contribution < -0.4 is 0 Å². The highest BCUT2D eigenvalue weighted by molar-refractivity contribution is 8.06. The van der Waals surface area contributed by atoms with Crippen molar-refractivity contribution >= 4 is 25.9 Å². The number of sulfone groups is 1. The van der Waals surface area contributed by atoms with E-state index in [1.807, 2.05) is 0 Å². The summed E-state index contributed by atoms with van der Waals surface area (Å²) in [7, 11) is -8.84. The topological polar surface area (TPSA) is 124 Å². The summed E-state index contributed by atoms with van der Waals surface area (Å²) in [4.78, 5) is 11.7. The predicted octanol–water partition coefficient (Wildman–Crippen LogP) is 1.02. The maximum atomic E-state index is 12.5. The van der Waals surface area contributed by atoms with Gasteiger partial charge in [-0.25, -0.2) is 8.42 Å². The van der Waals surface area contributed by atoms with E-state index in [1.165, 1.54) is 0 Å². The smallest absolute Gasteiger partial charge is 0.309 e. The molecule has 2 bridgehead atoms. The zero-order valence-electron chi connectivity index (χ0n) is 15.1. The molecule has 150 valence electrons.